The van der Waals surface area contributed by atoms with Gasteiger partial charge in [0.25, 0.3) is 5.56 Å². The van der Waals surface area contributed by atoms with Gasteiger partial charge < -0.3 is 9.47 Å². The molecule has 1 saturated heterocycles. The van der Waals surface area contributed by atoms with Gasteiger partial charge in [-0.25, -0.2) is 12.7 Å². The molecule has 0 aromatic carbocycles. The molecule has 1 fully saturated rings. The van der Waals surface area contributed by atoms with Crippen molar-refractivity contribution in [2.45, 2.75) is 56.6 Å². The van der Waals surface area contributed by atoms with Crippen molar-refractivity contribution in [1.82, 2.24) is 13.8 Å². The number of carbonyl (C=O) groups excluding carboxylic acids is 1. The predicted molar refractivity (Wildman–Crippen MR) is 91.2 cm³/mol. The minimum absolute atomic E-state index is 0.000332. The fourth-order valence-corrected chi connectivity index (χ4v) is 4.06. The second kappa shape index (κ2) is 7.06. The van der Waals surface area contributed by atoms with Crippen LogP contribution in [0, 0.1) is 0 Å². The minimum Gasteiger partial charge on any atom is -0.336 e. The van der Waals surface area contributed by atoms with Crippen LogP contribution in [0.4, 0.5) is 0 Å². The third kappa shape index (κ3) is 3.70. The summed E-state index contributed by atoms with van der Waals surface area (Å²) < 4.78 is 26.7. The van der Waals surface area contributed by atoms with E-state index in [1.165, 1.54) is 37.0 Å². The molecule has 0 unspecified atom stereocenters. The highest BCUT2D eigenvalue weighted by molar-refractivity contribution is 7.89. The van der Waals surface area contributed by atoms with Gasteiger partial charge in [0, 0.05) is 38.4 Å². The first kappa shape index (κ1) is 18.7. The molecule has 7 nitrogen and oxygen atoms in total. The molecule has 2 atom stereocenters. The summed E-state index contributed by atoms with van der Waals surface area (Å²) in [6.07, 6.45) is 4.22. The number of hydrogen-bond donors (Lipinski definition) is 0. The van der Waals surface area contributed by atoms with Crippen LogP contribution in [0.2, 0.25) is 0 Å². The van der Waals surface area contributed by atoms with E-state index < -0.39 is 15.6 Å². The number of nitrogens with zero attached hydrogens (tertiary/aromatic N) is 3. The summed E-state index contributed by atoms with van der Waals surface area (Å²) in [4.78, 5) is 26.5. The Hall–Kier alpha value is -1.67. The summed E-state index contributed by atoms with van der Waals surface area (Å²) in [6, 6.07) is 2.72. The summed E-state index contributed by atoms with van der Waals surface area (Å²) >= 11 is 0. The maximum Gasteiger partial charge on any atom is 0.251 e. The topological polar surface area (TPSA) is 79.7 Å². The van der Waals surface area contributed by atoms with Crippen molar-refractivity contribution in [3.8, 4) is 0 Å². The fourth-order valence-electron chi connectivity index (χ4n) is 3.14. The zero-order valence-corrected chi connectivity index (χ0v) is 15.4. The Morgan fingerprint density at radius 2 is 1.79 bits per heavy atom. The van der Waals surface area contributed by atoms with Crippen LogP contribution in [0.1, 0.15) is 33.1 Å². The van der Waals surface area contributed by atoms with Crippen molar-refractivity contribution >= 4 is 15.9 Å². The van der Waals surface area contributed by atoms with Gasteiger partial charge in [-0.15, -0.1) is 0 Å². The lowest BCUT2D eigenvalue weighted by molar-refractivity contribution is -0.138. The van der Waals surface area contributed by atoms with Gasteiger partial charge in [0.05, 0.1) is 4.90 Å². The molecule has 1 aliphatic heterocycles. The van der Waals surface area contributed by atoms with E-state index in [9.17, 15) is 18.0 Å². The highest BCUT2D eigenvalue weighted by atomic mass is 32.2. The Labute approximate surface area is 142 Å². The fraction of sp³-hybridized carbons (Fsp3) is 0.625. The van der Waals surface area contributed by atoms with Crippen molar-refractivity contribution in [2.24, 2.45) is 0 Å². The van der Waals surface area contributed by atoms with E-state index >= 15 is 0 Å². The highest BCUT2D eigenvalue weighted by Gasteiger charge is 2.29. The average Bonchev–Trinajstić information content (AvgIpc) is 2.49. The molecule has 1 aromatic heterocycles. The lowest BCUT2D eigenvalue weighted by Crippen LogP contribution is -2.49. The monoisotopic (exact) mass is 355 g/mol. The predicted octanol–water partition coefficient (Wildman–Crippen LogP) is 0.888. The number of sulfonamides is 1. The van der Waals surface area contributed by atoms with E-state index in [-0.39, 0.29) is 29.4 Å². The second-order valence-electron chi connectivity index (χ2n) is 6.55. The molecule has 0 spiro atoms. The Bertz CT molecular complexity index is 760. The van der Waals surface area contributed by atoms with Crippen molar-refractivity contribution in [3.63, 3.8) is 0 Å². The van der Waals surface area contributed by atoms with Gasteiger partial charge in [0.15, 0.2) is 0 Å². The third-order valence-corrected chi connectivity index (χ3v) is 6.32. The van der Waals surface area contributed by atoms with E-state index in [1.807, 2.05) is 18.7 Å². The highest BCUT2D eigenvalue weighted by Crippen LogP contribution is 2.22. The molecule has 0 bridgehead atoms. The SMILES string of the molecule is C[C@@H]1CCC[C@H](C)N1C(=O)Cn1cc(S(=O)(=O)N(C)C)ccc1=O. The molecular formula is C16H25N3O4S. The molecule has 8 heteroatoms. The Balaban J connectivity index is 2.29. The minimum atomic E-state index is -3.65. The zero-order chi connectivity index (χ0) is 18.1. The number of pyridine rings is 1. The van der Waals surface area contributed by atoms with Gasteiger partial charge in [0.1, 0.15) is 6.54 Å². The van der Waals surface area contributed by atoms with E-state index in [2.05, 4.69) is 0 Å². The van der Waals surface area contributed by atoms with Crippen LogP contribution in [0.15, 0.2) is 28.0 Å². The van der Waals surface area contributed by atoms with Crippen molar-refractivity contribution in [3.05, 3.63) is 28.7 Å². The maximum absolute atomic E-state index is 12.6. The maximum atomic E-state index is 12.6. The Morgan fingerprint density at radius 1 is 1.21 bits per heavy atom. The van der Waals surface area contributed by atoms with Crippen molar-refractivity contribution < 1.29 is 13.2 Å². The van der Waals surface area contributed by atoms with Crippen LogP contribution in [0.25, 0.3) is 0 Å². The third-order valence-electron chi connectivity index (χ3n) is 4.52. The summed E-state index contributed by atoms with van der Waals surface area (Å²) in [7, 11) is -0.802. The summed E-state index contributed by atoms with van der Waals surface area (Å²) in [5.41, 5.74) is -0.390. The number of aromatic nitrogens is 1. The summed E-state index contributed by atoms with van der Waals surface area (Å²) in [5, 5.41) is 0. The Kier molecular flexibility index (Phi) is 5.49. The first-order chi connectivity index (χ1) is 11.1. The lowest BCUT2D eigenvalue weighted by atomic mass is 9.97. The van der Waals surface area contributed by atoms with Crippen LogP contribution in [0.3, 0.4) is 0 Å². The lowest BCUT2D eigenvalue weighted by Gasteiger charge is -2.39. The number of amides is 1. The average molecular weight is 355 g/mol. The molecule has 0 saturated carbocycles. The van der Waals surface area contributed by atoms with E-state index in [0.29, 0.717) is 0 Å². The molecule has 2 rings (SSSR count). The molecule has 1 amide bonds. The molecule has 0 N–H and O–H groups in total. The first-order valence-corrected chi connectivity index (χ1v) is 9.52. The van der Waals surface area contributed by atoms with Gasteiger partial charge in [-0.3, -0.25) is 9.59 Å². The van der Waals surface area contributed by atoms with Gasteiger partial charge in [0.2, 0.25) is 15.9 Å². The molecule has 0 aliphatic carbocycles. The number of carbonyl (C=O) groups is 1. The second-order valence-corrected chi connectivity index (χ2v) is 8.70. The number of likely N-dealkylation sites (tertiary alicyclic amines) is 1. The van der Waals surface area contributed by atoms with Crippen LogP contribution >= 0.6 is 0 Å². The molecule has 24 heavy (non-hydrogen) atoms. The molecule has 1 aromatic rings. The zero-order valence-electron chi connectivity index (χ0n) is 14.6. The molecule has 134 valence electrons. The largest absolute Gasteiger partial charge is 0.336 e. The molecule has 2 heterocycles. The molecule has 0 radical (unpaired) electrons. The number of hydrogen-bond acceptors (Lipinski definition) is 4. The van der Waals surface area contributed by atoms with E-state index in [4.69, 9.17) is 0 Å². The van der Waals surface area contributed by atoms with Gasteiger partial charge >= 0.3 is 0 Å². The number of piperidine rings is 1. The smallest absolute Gasteiger partial charge is 0.251 e. The van der Waals surface area contributed by atoms with E-state index in [1.54, 1.807) is 0 Å². The summed E-state index contributed by atoms with van der Waals surface area (Å²) in [5.74, 6) is -0.156. The van der Waals surface area contributed by atoms with Crippen molar-refractivity contribution in [2.75, 3.05) is 14.1 Å². The standard InChI is InChI=1S/C16H25N3O4S/c1-12-6-5-7-13(2)19(12)16(21)11-18-10-14(8-9-15(18)20)24(22,23)17(3)4/h8-10,12-13H,5-7,11H2,1-4H3/t12-,13+. The molecular weight excluding hydrogens is 330 g/mol. The summed E-state index contributed by atoms with van der Waals surface area (Å²) in [6.45, 7) is 3.86. The molecule has 1 aliphatic rings. The Morgan fingerprint density at radius 3 is 2.33 bits per heavy atom. The van der Waals surface area contributed by atoms with Crippen molar-refractivity contribution in [1.29, 1.82) is 0 Å². The normalized spacial score (nSPS) is 22.0. The first-order valence-electron chi connectivity index (χ1n) is 8.08. The van der Waals surface area contributed by atoms with Crippen LogP contribution < -0.4 is 5.56 Å². The van der Waals surface area contributed by atoms with Crippen LogP contribution in [-0.2, 0) is 21.4 Å². The van der Waals surface area contributed by atoms with Crippen LogP contribution in [0.5, 0.6) is 0 Å². The van der Waals surface area contributed by atoms with Crippen LogP contribution in [-0.4, -0.2) is 54.3 Å². The quantitative estimate of drug-likeness (QED) is 0.803. The van der Waals surface area contributed by atoms with Gasteiger partial charge in [-0.05, 0) is 39.2 Å². The van der Waals surface area contributed by atoms with Gasteiger partial charge in [-0.1, -0.05) is 0 Å². The van der Waals surface area contributed by atoms with Gasteiger partial charge in [-0.2, -0.15) is 0 Å². The van der Waals surface area contributed by atoms with E-state index in [0.717, 1.165) is 23.6 Å². The number of rotatable bonds is 4.